The molecule has 10 heteroatoms. The largest absolute Gasteiger partial charge is 0.492 e. The monoisotopic (exact) mass is 385 g/mol. The molecule has 0 saturated heterocycles. The summed E-state index contributed by atoms with van der Waals surface area (Å²) >= 11 is 0. The van der Waals surface area contributed by atoms with Crippen molar-refractivity contribution >= 4 is 11.6 Å². The van der Waals surface area contributed by atoms with Crippen LogP contribution in [0.5, 0.6) is 5.75 Å². The first-order valence-corrected chi connectivity index (χ1v) is 8.23. The number of hydrogen-bond donors (Lipinski definition) is 0. The lowest BCUT2D eigenvalue weighted by Gasteiger charge is -2.18. The maximum absolute atomic E-state index is 12.9. The minimum Gasteiger partial charge on any atom is -0.492 e. The lowest BCUT2D eigenvalue weighted by Crippen LogP contribution is -2.31. The fourth-order valence-corrected chi connectivity index (χ4v) is 2.48. The number of carbonyl (C=O) groups is 1. The first-order valence-electron chi connectivity index (χ1n) is 8.23. The summed E-state index contributed by atoms with van der Waals surface area (Å²) in [6, 6.07) is 9.68. The van der Waals surface area contributed by atoms with E-state index in [1.807, 2.05) is 0 Å². The van der Waals surface area contributed by atoms with Crippen LogP contribution in [0, 0.1) is 15.9 Å². The fraction of sp³-hybridized carbons (Fsp3) is 0.167. The topological polar surface area (TPSA) is 103 Å². The van der Waals surface area contributed by atoms with E-state index in [9.17, 15) is 19.3 Å². The first kappa shape index (κ1) is 19.0. The van der Waals surface area contributed by atoms with Crippen LogP contribution in [0.4, 0.5) is 10.1 Å². The number of rotatable bonds is 7. The van der Waals surface area contributed by atoms with Crippen LogP contribution in [0.15, 0.2) is 55.1 Å². The number of amides is 1. The van der Waals surface area contributed by atoms with Crippen LogP contribution in [0.25, 0.3) is 5.69 Å². The van der Waals surface area contributed by atoms with Crippen molar-refractivity contribution < 1.29 is 18.8 Å². The van der Waals surface area contributed by atoms with Crippen LogP contribution in [0.1, 0.15) is 10.4 Å². The van der Waals surface area contributed by atoms with Crippen molar-refractivity contribution in [2.75, 3.05) is 20.2 Å². The van der Waals surface area contributed by atoms with Gasteiger partial charge in [0.2, 0.25) is 0 Å². The van der Waals surface area contributed by atoms with Gasteiger partial charge in [-0.25, -0.2) is 14.1 Å². The average molecular weight is 385 g/mol. The second-order valence-corrected chi connectivity index (χ2v) is 5.83. The summed E-state index contributed by atoms with van der Waals surface area (Å²) < 4.78 is 19.6. The number of nitrogens with zero attached hydrogens (tertiary/aromatic N) is 5. The average Bonchev–Trinajstić information content (AvgIpc) is 3.23. The van der Waals surface area contributed by atoms with E-state index in [-0.39, 0.29) is 35.9 Å². The van der Waals surface area contributed by atoms with Gasteiger partial charge in [-0.2, -0.15) is 5.10 Å². The van der Waals surface area contributed by atoms with Gasteiger partial charge in [0, 0.05) is 18.7 Å². The zero-order valence-corrected chi connectivity index (χ0v) is 14.9. The van der Waals surface area contributed by atoms with E-state index >= 15 is 0 Å². The molecule has 144 valence electrons. The third kappa shape index (κ3) is 4.29. The third-order valence-electron chi connectivity index (χ3n) is 3.94. The highest BCUT2D eigenvalue weighted by atomic mass is 19.1. The van der Waals surface area contributed by atoms with Crippen LogP contribution in [0.3, 0.4) is 0 Å². The van der Waals surface area contributed by atoms with E-state index in [0.29, 0.717) is 5.75 Å². The Labute approximate surface area is 159 Å². The van der Waals surface area contributed by atoms with Gasteiger partial charge in [0.25, 0.3) is 11.6 Å². The van der Waals surface area contributed by atoms with Crippen LogP contribution in [-0.4, -0.2) is 50.7 Å². The van der Waals surface area contributed by atoms with Gasteiger partial charge in [-0.1, -0.05) is 0 Å². The summed E-state index contributed by atoms with van der Waals surface area (Å²) in [7, 11) is 1.56. The molecule has 1 heterocycles. The normalized spacial score (nSPS) is 10.5. The number of nitro groups is 1. The number of carbonyl (C=O) groups excluding carboxylic acids is 1. The SMILES string of the molecule is CN(CCOc1ccc(F)cc1)C(=O)c1ccc(-n2cncn2)c([N+](=O)[O-])c1. The molecule has 0 radical (unpaired) electrons. The highest BCUT2D eigenvalue weighted by molar-refractivity contribution is 5.95. The van der Waals surface area contributed by atoms with Crippen LogP contribution in [0.2, 0.25) is 0 Å². The molecular formula is C18H16FN5O4. The maximum Gasteiger partial charge on any atom is 0.295 e. The molecule has 0 aliphatic carbocycles. The molecule has 1 amide bonds. The molecule has 3 aromatic rings. The summed E-state index contributed by atoms with van der Waals surface area (Å²) in [5, 5.41) is 15.3. The molecule has 0 spiro atoms. The van der Waals surface area contributed by atoms with Crippen molar-refractivity contribution in [3.63, 3.8) is 0 Å². The predicted molar refractivity (Wildman–Crippen MR) is 96.9 cm³/mol. The third-order valence-corrected chi connectivity index (χ3v) is 3.94. The predicted octanol–water partition coefficient (Wildman–Crippen LogP) is 2.47. The minimum atomic E-state index is -0.578. The smallest absolute Gasteiger partial charge is 0.295 e. The lowest BCUT2D eigenvalue weighted by molar-refractivity contribution is -0.384. The number of benzene rings is 2. The second kappa shape index (κ2) is 8.25. The van der Waals surface area contributed by atoms with Crippen LogP contribution >= 0.6 is 0 Å². The van der Waals surface area contributed by atoms with Gasteiger partial charge in [0.05, 0.1) is 11.5 Å². The molecule has 2 aromatic carbocycles. The fourth-order valence-electron chi connectivity index (χ4n) is 2.48. The van der Waals surface area contributed by atoms with Crippen molar-refractivity contribution in [3.8, 4) is 11.4 Å². The van der Waals surface area contributed by atoms with Crippen molar-refractivity contribution in [1.82, 2.24) is 19.7 Å². The van der Waals surface area contributed by atoms with Crippen molar-refractivity contribution in [2.45, 2.75) is 0 Å². The molecular weight excluding hydrogens is 369 g/mol. The second-order valence-electron chi connectivity index (χ2n) is 5.83. The number of nitro benzene ring substituents is 1. The van der Waals surface area contributed by atoms with Gasteiger partial charge >= 0.3 is 0 Å². The van der Waals surface area contributed by atoms with Crippen LogP contribution in [-0.2, 0) is 0 Å². The lowest BCUT2D eigenvalue weighted by atomic mass is 10.1. The molecule has 0 fully saturated rings. The molecule has 0 atom stereocenters. The highest BCUT2D eigenvalue weighted by Crippen LogP contribution is 2.24. The quantitative estimate of drug-likeness (QED) is 0.457. The summed E-state index contributed by atoms with van der Waals surface area (Å²) in [5.41, 5.74) is 0.119. The standard InChI is InChI=1S/C18H16FN5O4/c1-22(8-9-28-15-5-3-14(19)4-6-15)18(25)13-2-7-16(17(10-13)24(26)27)23-12-20-11-21-23/h2-7,10-12H,8-9H2,1H3. The molecule has 0 bridgehead atoms. The Morgan fingerprint density at radius 2 is 2.04 bits per heavy atom. The van der Waals surface area contributed by atoms with Gasteiger partial charge in [-0.05, 0) is 36.4 Å². The minimum absolute atomic E-state index is 0.167. The first-order chi connectivity index (χ1) is 13.5. The molecule has 3 rings (SSSR count). The summed E-state index contributed by atoms with van der Waals surface area (Å²) in [4.78, 5) is 28.5. The Morgan fingerprint density at radius 1 is 1.29 bits per heavy atom. The van der Waals surface area contributed by atoms with E-state index in [2.05, 4.69) is 10.1 Å². The zero-order valence-electron chi connectivity index (χ0n) is 14.9. The van der Waals surface area contributed by atoms with Gasteiger partial charge in [0.1, 0.15) is 36.5 Å². The number of hydrogen-bond acceptors (Lipinski definition) is 6. The van der Waals surface area contributed by atoms with E-state index < -0.39 is 10.8 Å². The zero-order chi connectivity index (χ0) is 20.1. The molecule has 1 aromatic heterocycles. The van der Waals surface area contributed by atoms with Crippen LogP contribution < -0.4 is 4.74 Å². The number of halogens is 1. The molecule has 9 nitrogen and oxygen atoms in total. The number of aromatic nitrogens is 3. The molecule has 0 unspecified atom stereocenters. The van der Waals surface area contributed by atoms with E-state index in [0.717, 1.165) is 0 Å². The Kier molecular flexibility index (Phi) is 5.58. The van der Waals surface area contributed by atoms with E-state index in [1.165, 1.54) is 64.7 Å². The van der Waals surface area contributed by atoms with Gasteiger partial charge < -0.3 is 9.64 Å². The molecule has 0 N–H and O–H groups in total. The summed E-state index contributed by atoms with van der Waals surface area (Å²) in [5.74, 6) is -0.276. The number of ether oxygens (including phenoxy) is 1. The molecule has 28 heavy (non-hydrogen) atoms. The van der Waals surface area contributed by atoms with Crippen molar-refractivity contribution in [2.24, 2.45) is 0 Å². The maximum atomic E-state index is 12.9. The molecule has 0 saturated carbocycles. The summed E-state index contributed by atoms with van der Waals surface area (Å²) in [6.07, 6.45) is 2.60. The Balaban J connectivity index is 1.68. The molecule has 0 aliphatic heterocycles. The Hall–Kier alpha value is -3.82. The van der Waals surface area contributed by atoms with Gasteiger partial charge in [0.15, 0.2) is 0 Å². The Bertz CT molecular complexity index is 976. The molecule has 0 aliphatic rings. The summed E-state index contributed by atoms with van der Waals surface area (Å²) in [6.45, 7) is 0.432. The van der Waals surface area contributed by atoms with E-state index in [1.54, 1.807) is 7.05 Å². The van der Waals surface area contributed by atoms with Crippen molar-refractivity contribution in [3.05, 3.63) is 76.6 Å². The Morgan fingerprint density at radius 3 is 2.68 bits per heavy atom. The van der Waals surface area contributed by atoms with E-state index in [4.69, 9.17) is 4.74 Å². The van der Waals surface area contributed by atoms with Gasteiger partial charge in [-0.15, -0.1) is 0 Å². The number of likely N-dealkylation sites (N-methyl/N-ethyl adjacent to an activating group) is 1. The van der Waals surface area contributed by atoms with Crippen molar-refractivity contribution in [1.29, 1.82) is 0 Å². The highest BCUT2D eigenvalue weighted by Gasteiger charge is 2.21. The van der Waals surface area contributed by atoms with Gasteiger partial charge in [-0.3, -0.25) is 14.9 Å².